The lowest BCUT2D eigenvalue weighted by Gasteiger charge is -2.32. The summed E-state index contributed by atoms with van der Waals surface area (Å²) >= 11 is 1.52. The van der Waals surface area contributed by atoms with Crippen molar-refractivity contribution in [3.63, 3.8) is 0 Å². The summed E-state index contributed by atoms with van der Waals surface area (Å²) in [5.74, 6) is -0.427. The Morgan fingerprint density at radius 3 is 2.62 bits per heavy atom. The molecule has 132 valence electrons. The van der Waals surface area contributed by atoms with Gasteiger partial charge in [0.05, 0.1) is 25.0 Å². The van der Waals surface area contributed by atoms with Crippen molar-refractivity contribution in [3.05, 3.63) is 22.4 Å². The lowest BCUT2D eigenvalue weighted by atomic mass is 9.96. The van der Waals surface area contributed by atoms with E-state index in [9.17, 15) is 14.4 Å². The molecule has 6 nitrogen and oxygen atoms in total. The number of nitrogens with zero attached hydrogens (tertiary/aromatic N) is 1. The van der Waals surface area contributed by atoms with Gasteiger partial charge < -0.3 is 15.0 Å². The summed E-state index contributed by atoms with van der Waals surface area (Å²) in [6.45, 7) is 4.75. The third-order valence-corrected chi connectivity index (χ3v) is 5.10. The second kappa shape index (κ2) is 8.82. The average molecular weight is 352 g/mol. The van der Waals surface area contributed by atoms with E-state index in [1.165, 1.54) is 18.3 Å². The smallest absolute Gasteiger partial charge is 0.309 e. The summed E-state index contributed by atoms with van der Waals surface area (Å²) in [5, 5.41) is 4.78. The number of esters is 1. The molecule has 0 spiro atoms. The second-order valence-electron chi connectivity index (χ2n) is 5.88. The Morgan fingerprint density at radius 1 is 1.38 bits per heavy atom. The van der Waals surface area contributed by atoms with Crippen molar-refractivity contribution in [1.29, 1.82) is 0 Å². The summed E-state index contributed by atoms with van der Waals surface area (Å²) in [4.78, 5) is 38.5. The molecule has 0 bridgehead atoms. The summed E-state index contributed by atoms with van der Waals surface area (Å²) in [5.41, 5.74) is 0. The van der Waals surface area contributed by atoms with Crippen molar-refractivity contribution in [3.8, 4) is 0 Å². The van der Waals surface area contributed by atoms with Gasteiger partial charge in [0.15, 0.2) is 0 Å². The molecule has 1 aromatic heterocycles. The van der Waals surface area contributed by atoms with Gasteiger partial charge in [-0.1, -0.05) is 6.07 Å². The van der Waals surface area contributed by atoms with Gasteiger partial charge in [0, 0.05) is 24.9 Å². The highest BCUT2D eigenvalue weighted by Crippen LogP contribution is 2.25. The molecule has 1 aliphatic heterocycles. The Balaban J connectivity index is 1.89. The van der Waals surface area contributed by atoms with Gasteiger partial charge in [-0.25, -0.2) is 0 Å². The maximum Gasteiger partial charge on any atom is 0.309 e. The number of ether oxygens (including phenoxy) is 1. The predicted octanol–water partition coefficient (Wildman–Crippen LogP) is 2.12. The van der Waals surface area contributed by atoms with Gasteiger partial charge in [-0.3, -0.25) is 14.4 Å². The van der Waals surface area contributed by atoms with Crippen molar-refractivity contribution in [1.82, 2.24) is 10.2 Å². The molecule has 7 heteroatoms. The highest BCUT2D eigenvalue weighted by atomic mass is 32.1. The van der Waals surface area contributed by atoms with E-state index in [-0.39, 0.29) is 36.2 Å². The van der Waals surface area contributed by atoms with Crippen molar-refractivity contribution in [2.24, 2.45) is 5.92 Å². The van der Waals surface area contributed by atoms with Crippen LogP contribution in [0.25, 0.3) is 0 Å². The van der Waals surface area contributed by atoms with Crippen molar-refractivity contribution < 1.29 is 19.1 Å². The summed E-state index contributed by atoms with van der Waals surface area (Å²) in [6.07, 6.45) is 1.51. The van der Waals surface area contributed by atoms with Crippen molar-refractivity contribution in [2.75, 3.05) is 19.7 Å². The summed E-state index contributed by atoms with van der Waals surface area (Å²) in [7, 11) is 0. The van der Waals surface area contributed by atoms with Crippen LogP contribution >= 0.6 is 11.3 Å². The van der Waals surface area contributed by atoms with E-state index < -0.39 is 0 Å². The van der Waals surface area contributed by atoms with Crippen LogP contribution in [0.5, 0.6) is 0 Å². The molecule has 1 fully saturated rings. The van der Waals surface area contributed by atoms with Gasteiger partial charge in [-0.15, -0.1) is 11.3 Å². The highest BCUT2D eigenvalue weighted by Gasteiger charge is 2.29. The molecule has 0 radical (unpaired) electrons. The Bertz CT molecular complexity index is 565. The van der Waals surface area contributed by atoms with E-state index in [1.54, 1.807) is 11.8 Å². The first kappa shape index (κ1) is 18.4. The fraction of sp³-hybridized carbons (Fsp3) is 0.588. The molecule has 0 aliphatic carbocycles. The zero-order chi connectivity index (χ0) is 17.5. The minimum Gasteiger partial charge on any atom is -0.466 e. The van der Waals surface area contributed by atoms with E-state index in [0.717, 1.165) is 4.88 Å². The van der Waals surface area contributed by atoms with Crippen LogP contribution in [0.3, 0.4) is 0 Å². The van der Waals surface area contributed by atoms with Crippen LogP contribution < -0.4 is 5.32 Å². The zero-order valence-electron chi connectivity index (χ0n) is 14.1. The third kappa shape index (κ3) is 5.06. The van der Waals surface area contributed by atoms with Crippen molar-refractivity contribution in [2.45, 2.75) is 39.2 Å². The average Bonchev–Trinajstić information content (AvgIpc) is 3.08. The molecule has 0 saturated carbocycles. The van der Waals surface area contributed by atoms with Gasteiger partial charge in [0.25, 0.3) is 0 Å². The number of amides is 2. The molecule has 2 rings (SSSR count). The van der Waals surface area contributed by atoms with Crippen LogP contribution in [0.2, 0.25) is 0 Å². The quantitative estimate of drug-likeness (QED) is 0.796. The van der Waals surface area contributed by atoms with Gasteiger partial charge in [0.1, 0.15) is 0 Å². The molecule has 0 aromatic carbocycles. The van der Waals surface area contributed by atoms with Crippen LogP contribution in [0, 0.1) is 5.92 Å². The van der Waals surface area contributed by atoms with E-state index in [2.05, 4.69) is 5.32 Å². The number of thiophene rings is 1. The number of carbonyl (C=O) groups excluding carboxylic acids is 3. The first-order valence-electron chi connectivity index (χ1n) is 8.26. The van der Waals surface area contributed by atoms with Gasteiger partial charge >= 0.3 is 5.97 Å². The van der Waals surface area contributed by atoms with E-state index in [4.69, 9.17) is 4.74 Å². The van der Waals surface area contributed by atoms with E-state index >= 15 is 0 Å². The predicted molar refractivity (Wildman–Crippen MR) is 91.4 cm³/mol. The Labute approximate surface area is 146 Å². The third-order valence-electron chi connectivity index (χ3n) is 4.11. The van der Waals surface area contributed by atoms with E-state index in [1.807, 2.05) is 17.5 Å². The van der Waals surface area contributed by atoms with Crippen LogP contribution in [-0.2, 0) is 19.1 Å². The number of likely N-dealkylation sites (tertiary alicyclic amines) is 1. The highest BCUT2D eigenvalue weighted by molar-refractivity contribution is 7.10. The van der Waals surface area contributed by atoms with Gasteiger partial charge in [-0.2, -0.15) is 0 Å². The minimum absolute atomic E-state index is 0.00413. The number of piperidine rings is 1. The lowest BCUT2D eigenvalue weighted by Crippen LogP contribution is -2.42. The standard InChI is InChI=1S/C17H24N2O4S/c1-3-23-17(22)13-6-8-19(9-7-13)16(21)11-14(18-12(2)20)15-5-4-10-24-15/h4-5,10,13-14H,3,6-9,11H2,1-2H3,(H,18,20)/t14-/m0/s1. The normalized spacial score (nSPS) is 16.5. The molecule has 1 atom stereocenters. The lowest BCUT2D eigenvalue weighted by molar-refractivity contribution is -0.151. The molecule has 1 saturated heterocycles. The number of carbonyl (C=O) groups is 3. The molecular formula is C17H24N2O4S. The maximum atomic E-state index is 12.6. The monoisotopic (exact) mass is 352 g/mol. The summed E-state index contributed by atoms with van der Waals surface area (Å²) < 4.78 is 5.05. The SMILES string of the molecule is CCOC(=O)C1CCN(C(=O)C[C@H](NC(C)=O)c2cccs2)CC1. The molecule has 1 N–H and O–H groups in total. The number of rotatable bonds is 6. The minimum atomic E-state index is -0.294. The fourth-order valence-corrected chi connectivity index (χ4v) is 3.66. The van der Waals surface area contributed by atoms with Gasteiger partial charge in [-0.05, 0) is 31.2 Å². The maximum absolute atomic E-state index is 12.6. The van der Waals surface area contributed by atoms with Crippen LogP contribution in [0.15, 0.2) is 17.5 Å². The Kier molecular flexibility index (Phi) is 6.78. The van der Waals surface area contributed by atoms with Crippen LogP contribution in [-0.4, -0.2) is 42.4 Å². The molecule has 2 heterocycles. The molecule has 24 heavy (non-hydrogen) atoms. The molecule has 0 unspecified atom stereocenters. The Hall–Kier alpha value is -1.89. The first-order chi connectivity index (χ1) is 11.5. The van der Waals surface area contributed by atoms with Crippen LogP contribution in [0.1, 0.15) is 44.0 Å². The fourth-order valence-electron chi connectivity index (χ4n) is 2.89. The molecule has 1 aliphatic rings. The molecule has 2 amide bonds. The number of nitrogens with one attached hydrogen (secondary N) is 1. The topological polar surface area (TPSA) is 75.7 Å². The van der Waals surface area contributed by atoms with Gasteiger partial charge in [0.2, 0.25) is 11.8 Å². The molecular weight excluding hydrogens is 328 g/mol. The first-order valence-corrected chi connectivity index (χ1v) is 9.14. The Morgan fingerprint density at radius 2 is 2.08 bits per heavy atom. The van der Waals surface area contributed by atoms with Crippen LogP contribution in [0.4, 0.5) is 0 Å². The second-order valence-corrected chi connectivity index (χ2v) is 6.86. The molecule has 1 aromatic rings. The number of hydrogen-bond acceptors (Lipinski definition) is 5. The largest absolute Gasteiger partial charge is 0.466 e. The number of hydrogen-bond donors (Lipinski definition) is 1. The van der Waals surface area contributed by atoms with Crippen molar-refractivity contribution >= 4 is 29.1 Å². The summed E-state index contributed by atoms with van der Waals surface area (Å²) in [6, 6.07) is 3.54. The zero-order valence-corrected chi connectivity index (χ0v) is 14.9. The van der Waals surface area contributed by atoms with E-state index in [0.29, 0.717) is 32.5 Å².